The van der Waals surface area contributed by atoms with E-state index in [1.54, 1.807) is 14.2 Å². The number of pyridine rings is 2. The Labute approximate surface area is 239 Å². The highest BCUT2D eigenvalue weighted by Crippen LogP contribution is 2.35. The molecule has 0 unspecified atom stereocenters. The molecule has 212 valence electrons. The fourth-order valence-corrected chi connectivity index (χ4v) is 3.89. The Morgan fingerprint density at radius 2 is 1.44 bits per heavy atom. The minimum atomic E-state index is -4.59. The normalized spacial score (nSPS) is 11.0. The van der Waals surface area contributed by atoms with Gasteiger partial charge in [0.15, 0.2) is 18.1 Å². The van der Waals surface area contributed by atoms with Crippen LogP contribution in [0, 0.1) is 11.3 Å². The van der Waals surface area contributed by atoms with E-state index in [-0.39, 0.29) is 28.0 Å². The van der Waals surface area contributed by atoms with Crippen LogP contribution in [-0.2, 0) is 13.1 Å². The van der Waals surface area contributed by atoms with Crippen LogP contribution in [0.3, 0.4) is 0 Å². The Kier molecular flexibility index (Phi) is 9.37. The Morgan fingerprint density at radius 3 is 1.95 bits per heavy atom. The molecule has 0 fully saturated rings. The molecule has 41 heavy (non-hydrogen) atoms. The maximum Gasteiger partial charge on any atom is 0.422 e. The van der Waals surface area contributed by atoms with Crippen LogP contribution in [0.15, 0.2) is 73.1 Å². The predicted molar refractivity (Wildman–Crippen MR) is 146 cm³/mol. The molecule has 0 aliphatic heterocycles. The number of alkyl halides is 3. The molecule has 8 nitrogen and oxygen atoms in total. The molecule has 0 bridgehead atoms. The average Bonchev–Trinajstić information content (AvgIpc) is 2.97. The smallest absolute Gasteiger partial charge is 0.422 e. The molecule has 0 radical (unpaired) electrons. The highest BCUT2D eigenvalue weighted by Gasteiger charge is 2.29. The van der Waals surface area contributed by atoms with E-state index in [2.05, 4.69) is 16.0 Å². The van der Waals surface area contributed by atoms with E-state index in [4.69, 9.17) is 30.5 Å². The van der Waals surface area contributed by atoms with Gasteiger partial charge in [-0.05, 0) is 35.4 Å². The number of ether oxygens (including phenoxy) is 4. The number of halogens is 4. The maximum absolute atomic E-state index is 12.7. The van der Waals surface area contributed by atoms with Gasteiger partial charge in [0.2, 0.25) is 0 Å². The minimum Gasteiger partial charge on any atom is -0.497 e. The predicted octanol–water partition coefficient (Wildman–Crippen LogP) is 6.96. The van der Waals surface area contributed by atoms with Crippen LogP contribution in [0.5, 0.6) is 28.9 Å². The largest absolute Gasteiger partial charge is 0.497 e. The third kappa shape index (κ3) is 8.16. The van der Waals surface area contributed by atoms with Gasteiger partial charge in [0.1, 0.15) is 23.4 Å². The van der Waals surface area contributed by atoms with E-state index in [1.807, 2.05) is 53.4 Å². The number of hydrogen-bond donors (Lipinski definition) is 0. The highest BCUT2D eigenvalue weighted by atomic mass is 35.5. The molecule has 0 N–H and O–H groups in total. The number of aromatic nitrogens is 2. The Bertz CT molecular complexity index is 1460. The molecule has 0 amide bonds. The van der Waals surface area contributed by atoms with Crippen LogP contribution in [-0.4, -0.2) is 37.0 Å². The highest BCUT2D eigenvalue weighted by molar-refractivity contribution is 6.30. The molecule has 2 heterocycles. The Hall–Kier alpha value is -4.69. The molecule has 0 saturated heterocycles. The first-order valence-corrected chi connectivity index (χ1v) is 12.5. The number of nitriles is 1. The summed E-state index contributed by atoms with van der Waals surface area (Å²) in [6.45, 7) is -0.677. The van der Waals surface area contributed by atoms with Crippen molar-refractivity contribution in [3.05, 3.63) is 94.8 Å². The molecule has 0 aliphatic carbocycles. The second kappa shape index (κ2) is 13.1. The lowest BCUT2D eigenvalue weighted by Gasteiger charge is -2.25. The van der Waals surface area contributed by atoms with Gasteiger partial charge in [0, 0.05) is 31.4 Å². The van der Waals surface area contributed by atoms with Gasteiger partial charge in [-0.1, -0.05) is 35.9 Å². The molecule has 2 aromatic carbocycles. The third-order valence-corrected chi connectivity index (χ3v) is 5.95. The van der Waals surface area contributed by atoms with Crippen LogP contribution in [0.4, 0.5) is 19.0 Å². The summed E-state index contributed by atoms with van der Waals surface area (Å²) in [6.07, 6.45) is -2.08. The summed E-state index contributed by atoms with van der Waals surface area (Å²) in [4.78, 5) is 10.4. The van der Waals surface area contributed by atoms with Gasteiger partial charge in [0.25, 0.3) is 5.88 Å². The van der Waals surface area contributed by atoms with E-state index in [0.717, 1.165) is 28.7 Å². The summed E-state index contributed by atoms with van der Waals surface area (Å²) in [5.41, 5.74) is 2.02. The molecule has 0 atom stereocenters. The molecule has 12 heteroatoms. The van der Waals surface area contributed by atoms with Gasteiger partial charge in [-0.25, -0.2) is 9.97 Å². The summed E-state index contributed by atoms with van der Waals surface area (Å²) < 4.78 is 59.2. The number of nitrogens with zero attached hydrogens (tertiary/aromatic N) is 4. The second-order valence-electron chi connectivity index (χ2n) is 8.67. The van der Waals surface area contributed by atoms with Crippen molar-refractivity contribution in [3.8, 4) is 34.9 Å². The monoisotopic (exact) mass is 584 g/mol. The fourth-order valence-electron chi connectivity index (χ4n) is 3.75. The molecule has 4 aromatic rings. The van der Waals surface area contributed by atoms with Crippen molar-refractivity contribution in [2.75, 3.05) is 25.7 Å². The van der Waals surface area contributed by atoms with E-state index in [9.17, 15) is 18.4 Å². The standard InChI is InChI=1S/C29H24ClF3N4O4/c1-38-23-7-3-19(4-8-23)16-37(17-20-5-9-24(39-2)10-6-20)27-11-21(13-34)26(15-35-27)41-28-25(12-22(30)14-36-28)40-18-29(31,32)33/h3-12,14-15H,16-18H2,1-2H3. The van der Waals surface area contributed by atoms with Gasteiger partial charge < -0.3 is 23.8 Å². The fraction of sp³-hybridized carbons (Fsp3) is 0.207. The number of benzene rings is 2. The third-order valence-electron chi connectivity index (χ3n) is 5.75. The van der Waals surface area contributed by atoms with Gasteiger partial charge in [-0.2, -0.15) is 18.4 Å². The van der Waals surface area contributed by atoms with Crippen molar-refractivity contribution in [3.63, 3.8) is 0 Å². The number of hydrogen-bond acceptors (Lipinski definition) is 8. The first-order chi connectivity index (χ1) is 19.7. The van der Waals surface area contributed by atoms with Crippen LogP contribution in [0.2, 0.25) is 5.02 Å². The minimum absolute atomic E-state index is 0.0169. The van der Waals surface area contributed by atoms with Crippen molar-refractivity contribution in [2.45, 2.75) is 19.3 Å². The lowest BCUT2D eigenvalue weighted by molar-refractivity contribution is -0.153. The summed E-state index contributed by atoms with van der Waals surface area (Å²) in [5, 5.41) is 9.95. The van der Waals surface area contributed by atoms with Crippen molar-refractivity contribution < 1.29 is 32.1 Å². The lowest BCUT2D eigenvalue weighted by atomic mass is 10.1. The topological polar surface area (TPSA) is 89.7 Å². The Balaban J connectivity index is 1.64. The summed E-state index contributed by atoms with van der Waals surface area (Å²) in [5.74, 6) is 1.27. The molecule has 4 rings (SSSR count). The van der Waals surface area contributed by atoms with Gasteiger partial charge in [0.05, 0.1) is 31.0 Å². The van der Waals surface area contributed by atoms with Crippen molar-refractivity contribution in [2.24, 2.45) is 0 Å². The lowest BCUT2D eigenvalue weighted by Crippen LogP contribution is -2.23. The molecular formula is C29H24ClF3N4O4. The molecule has 0 aliphatic rings. The molecule has 2 aromatic heterocycles. The van der Waals surface area contributed by atoms with E-state index < -0.39 is 12.8 Å². The van der Waals surface area contributed by atoms with Crippen LogP contribution >= 0.6 is 11.6 Å². The molecule has 0 saturated carbocycles. The van der Waals surface area contributed by atoms with Gasteiger partial charge >= 0.3 is 6.18 Å². The first-order valence-electron chi connectivity index (χ1n) is 12.1. The van der Waals surface area contributed by atoms with Gasteiger partial charge in [-0.15, -0.1) is 0 Å². The van der Waals surface area contributed by atoms with E-state index >= 15 is 0 Å². The zero-order chi connectivity index (χ0) is 29.4. The van der Waals surface area contributed by atoms with Crippen molar-refractivity contribution in [1.82, 2.24) is 9.97 Å². The maximum atomic E-state index is 12.7. The quantitative estimate of drug-likeness (QED) is 0.187. The first kappa shape index (κ1) is 29.3. The second-order valence-corrected chi connectivity index (χ2v) is 9.10. The zero-order valence-corrected chi connectivity index (χ0v) is 22.7. The van der Waals surface area contributed by atoms with Crippen molar-refractivity contribution >= 4 is 17.4 Å². The SMILES string of the molecule is COc1ccc(CN(Cc2ccc(OC)cc2)c2cc(C#N)c(Oc3ncc(Cl)cc3OCC(F)(F)F)cn2)cc1. The van der Waals surface area contributed by atoms with Gasteiger partial charge in [-0.3, -0.25) is 0 Å². The summed E-state index contributed by atoms with van der Waals surface area (Å²) in [6, 6.07) is 19.9. The van der Waals surface area contributed by atoms with Crippen LogP contribution in [0.1, 0.15) is 16.7 Å². The zero-order valence-electron chi connectivity index (χ0n) is 22.0. The van der Waals surface area contributed by atoms with Crippen LogP contribution < -0.4 is 23.8 Å². The molecule has 0 spiro atoms. The van der Waals surface area contributed by atoms with Crippen LogP contribution in [0.25, 0.3) is 0 Å². The van der Waals surface area contributed by atoms with Crippen molar-refractivity contribution in [1.29, 1.82) is 5.26 Å². The number of methoxy groups -OCH3 is 2. The summed E-state index contributed by atoms with van der Waals surface area (Å²) >= 11 is 5.89. The van der Waals surface area contributed by atoms with E-state index in [0.29, 0.717) is 18.9 Å². The number of rotatable bonds is 11. The molecular weight excluding hydrogens is 561 g/mol. The van der Waals surface area contributed by atoms with E-state index in [1.165, 1.54) is 18.5 Å². The Morgan fingerprint density at radius 1 is 0.854 bits per heavy atom. The summed E-state index contributed by atoms with van der Waals surface area (Å²) in [7, 11) is 3.18. The average molecular weight is 585 g/mol. The number of anilines is 1.